The van der Waals surface area contributed by atoms with E-state index in [2.05, 4.69) is 25.2 Å². The molecule has 0 aliphatic heterocycles. The molecule has 0 saturated carbocycles. The molecule has 1 unspecified atom stereocenters. The summed E-state index contributed by atoms with van der Waals surface area (Å²) in [6.07, 6.45) is 0.925. The number of thioether (sulfide) groups is 1. The molecule has 1 rings (SSSR count). The van der Waals surface area contributed by atoms with E-state index < -0.39 is 0 Å². The van der Waals surface area contributed by atoms with Crippen molar-refractivity contribution in [1.82, 2.24) is 5.32 Å². The van der Waals surface area contributed by atoms with Gasteiger partial charge in [0.2, 0.25) is 0 Å². The third-order valence-corrected chi connectivity index (χ3v) is 3.90. The van der Waals surface area contributed by atoms with Crippen molar-refractivity contribution in [2.75, 3.05) is 18.9 Å². The van der Waals surface area contributed by atoms with Crippen molar-refractivity contribution in [3.8, 4) is 0 Å². The van der Waals surface area contributed by atoms with Gasteiger partial charge in [-0.3, -0.25) is 0 Å². The van der Waals surface area contributed by atoms with Gasteiger partial charge < -0.3 is 10.4 Å². The van der Waals surface area contributed by atoms with Crippen LogP contribution in [0.15, 0.2) is 29.2 Å². The maximum atomic E-state index is 9.36. The third kappa shape index (κ3) is 5.30. The zero-order valence-corrected chi connectivity index (χ0v) is 11.9. The summed E-state index contributed by atoms with van der Waals surface area (Å²) >= 11 is 7.69. The Morgan fingerprint density at radius 2 is 2.24 bits per heavy atom. The first kappa shape index (κ1) is 14.8. The van der Waals surface area contributed by atoms with Crippen LogP contribution in [0.25, 0.3) is 0 Å². The zero-order valence-electron chi connectivity index (χ0n) is 10.4. The first-order chi connectivity index (χ1) is 8.09. The lowest BCUT2D eigenvalue weighted by atomic mass is 10.0. The summed E-state index contributed by atoms with van der Waals surface area (Å²) in [6, 6.07) is 7.86. The molecule has 1 atom stereocenters. The minimum absolute atomic E-state index is 0.164. The Morgan fingerprint density at radius 1 is 1.47 bits per heavy atom. The number of likely N-dealkylation sites (N-methyl/N-ethyl adjacent to an activating group) is 1. The minimum atomic E-state index is -0.180. The molecule has 17 heavy (non-hydrogen) atoms. The number of nitrogens with one attached hydrogen (secondary N) is 1. The molecule has 0 aliphatic carbocycles. The topological polar surface area (TPSA) is 32.3 Å². The number of halogens is 1. The van der Waals surface area contributed by atoms with Crippen molar-refractivity contribution < 1.29 is 5.11 Å². The van der Waals surface area contributed by atoms with Gasteiger partial charge in [-0.15, -0.1) is 11.8 Å². The lowest BCUT2D eigenvalue weighted by Gasteiger charge is -2.28. The molecule has 0 bridgehead atoms. The molecule has 0 aliphatic rings. The van der Waals surface area contributed by atoms with Crippen molar-refractivity contribution in [2.24, 2.45) is 0 Å². The quantitative estimate of drug-likeness (QED) is 0.749. The Labute approximate surface area is 113 Å². The van der Waals surface area contributed by atoms with Crippen LogP contribution in [-0.4, -0.2) is 29.5 Å². The highest BCUT2D eigenvalue weighted by Gasteiger charge is 2.21. The predicted molar refractivity (Wildman–Crippen MR) is 76.0 cm³/mol. The Kier molecular flexibility index (Phi) is 6.34. The zero-order chi connectivity index (χ0) is 12.7. The second kappa shape index (κ2) is 7.27. The Bertz CT molecular complexity index is 348. The molecule has 0 saturated heterocycles. The molecular formula is C13H20ClNOS. The van der Waals surface area contributed by atoms with Gasteiger partial charge in [0.15, 0.2) is 0 Å². The lowest BCUT2D eigenvalue weighted by molar-refractivity contribution is 0.173. The number of hydrogen-bond donors (Lipinski definition) is 2. The van der Waals surface area contributed by atoms with Crippen LogP contribution in [0.5, 0.6) is 0 Å². The Morgan fingerprint density at radius 3 is 2.82 bits per heavy atom. The predicted octanol–water partition coefficient (Wildman–Crippen LogP) is 3.18. The monoisotopic (exact) mass is 273 g/mol. The van der Waals surface area contributed by atoms with Gasteiger partial charge in [-0.1, -0.05) is 24.6 Å². The summed E-state index contributed by atoms with van der Waals surface area (Å²) in [7, 11) is 0. The van der Waals surface area contributed by atoms with Gasteiger partial charge in [-0.05, 0) is 43.8 Å². The van der Waals surface area contributed by atoms with E-state index in [-0.39, 0.29) is 12.1 Å². The molecule has 1 aromatic rings. The molecule has 2 N–H and O–H groups in total. The van der Waals surface area contributed by atoms with Crippen molar-refractivity contribution in [3.63, 3.8) is 0 Å². The van der Waals surface area contributed by atoms with Gasteiger partial charge in [0.25, 0.3) is 0 Å². The van der Waals surface area contributed by atoms with E-state index >= 15 is 0 Å². The van der Waals surface area contributed by atoms with Crippen molar-refractivity contribution in [2.45, 2.75) is 30.7 Å². The lowest BCUT2D eigenvalue weighted by Crippen LogP contribution is -2.46. The maximum Gasteiger partial charge on any atom is 0.0610 e. The van der Waals surface area contributed by atoms with E-state index in [1.165, 1.54) is 4.90 Å². The molecule has 4 heteroatoms. The molecule has 2 nitrogen and oxygen atoms in total. The van der Waals surface area contributed by atoms with Gasteiger partial charge >= 0.3 is 0 Å². The van der Waals surface area contributed by atoms with Crippen LogP contribution in [0.1, 0.15) is 20.3 Å². The second-order valence-corrected chi connectivity index (χ2v) is 5.91. The van der Waals surface area contributed by atoms with Gasteiger partial charge in [-0.2, -0.15) is 0 Å². The molecular weight excluding hydrogens is 254 g/mol. The number of hydrogen-bond acceptors (Lipinski definition) is 3. The fraction of sp³-hybridized carbons (Fsp3) is 0.538. The maximum absolute atomic E-state index is 9.36. The Hall–Kier alpha value is -0.220. The summed E-state index contributed by atoms with van der Waals surface area (Å²) in [4.78, 5) is 1.18. The van der Waals surface area contributed by atoms with E-state index in [4.69, 9.17) is 11.6 Å². The number of rotatable bonds is 7. The smallest absolute Gasteiger partial charge is 0.0610 e. The van der Waals surface area contributed by atoms with Crippen molar-refractivity contribution in [3.05, 3.63) is 29.3 Å². The first-order valence-electron chi connectivity index (χ1n) is 5.84. The number of aliphatic hydroxyl groups is 1. The van der Waals surface area contributed by atoms with Crippen LogP contribution < -0.4 is 5.32 Å². The molecule has 0 spiro atoms. The molecule has 0 amide bonds. The van der Waals surface area contributed by atoms with Gasteiger partial charge in [0.05, 0.1) is 6.61 Å². The average molecular weight is 274 g/mol. The van der Waals surface area contributed by atoms with Gasteiger partial charge in [0, 0.05) is 15.5 Å². The van der Waals surface area contributed by atoms with Crippen LogP contribution in [-0.2, 0) is 0 Å². The first-order valence-corrected chi connectivity index (χ1v) is 7.20. The summed E-state index contributed by atoms with van der Waals surface area (Å²) in [5.74, 6) is 0.963. The van der Waals surface area contributed by atoms with E-state index in [0.29, 0.717) is 0 Å². The van der Waals surface area contributed by atoms with Crippen molar-refractivity contribution in [1.29, 1.82) is 0 Å². The average Bonchev–Trinajstić information content (AvgIpc) is 2.29. The molecule has 0 aromatic heterocycles. The van der Waals surface area contributed by atoms with Crippen LogP contribution in [0.4, 0.5) is 0 Å². The number of aliphatic hydroxyl groups excluding tert-OH is 1. The molecule has 0 fully saturated rings. The van der Waals surface area contributed by atoms with Crippen molar-refractivity contribution >= 4 is 23.4 Å². The normalized spacial score (nSPS) is 14.6. The largest absolute Gasteiger partial charge is 0.394 e. The summed E-state index contributed by atoms with van der Waals surface area (Å²) < 4.78 is 0. The second-order valence-electron chi connectivity index (χ2n) is 4.30. The highest BCUT2D eigenvalue weighted by molar-refractivity contribution is 7.99. The summed E-state index contributed by atoms with van der Waals surface area (Å²) in [5, 5.41) is 13.5. The van der Waals surface area contributed by atoms with Crippen LogP contribution in [0, 0.1) is 0 Å². The highest BCUT2D eigenvalue weighted by atomic mass is 35.5. The van der Waals surface area contributed by atoms with Crippen LogP contribution >= 0.6 is 23.4 Å². The molecule has 0 radical (unpaired) electrons. The summed E-state index contributed by atoms with van der Waals surface area (Å²) in [5.41, 5.74) is -0.180. The number of benzene rings is 1. The van der Waals surface area contributed by atoms with Crippen LogP contribution in [0.2, 0.25) is 5.02 Å². The van der Waals surface area contributed by atoms with E-state index in [0.717, 1.165) is 23.7 Å². The SMILES string of the molecule is CCNC(C)(CO)CCSc1cccc(Cl)c1. The highest BCUT2D eigenvalue weighted by Crippen LogP contribution is 2.24. The standard InChI is InChI=1S/C13H20ClNOS/c1-3-15-13(2,10-16)7-8-17-12-6-4-5-11(14)9-12/h4-6,9,15-16H,3,7-8,10H2,1-2H3. The molecule has 1 aromatic carbocycles. The molecule has 0 heterocycles. The van der Waals surface area contributed by atoms with Gasteiger partial charge in [-0.25, -0.2) is 0 Å². The van der Waals surface area contributed by atoms with E-state index in [9.17, 15) is 5.11 Å². The van der Waals surface area contributed by atoms with E-state index in [1.54, 1.807) is 11.8 Å². The minimum Gasteiger partial charge on any atom is -0.394 e. The fourth-order valence-corrected chi connectivity index (χ4v) is 3.03. The fourth-order valence-electron chi connectivity index (χ4n) is 1.60. The van der Waals surface area contributed by atoms with Gasteiger partial charge in [0.1, 0.15) is 0 Å². The van der Waals surface area contributed by atoms with E-state index in [1.807, 2.05) is 18.2 Å². The molecule has 96 valence electrons. The van der Waals surface area contributed by atoms with Crippen LogP contribution in [0.3, 0.4) is 0 Å². The Balaban J connectivity index is 2.41. The third-order valence-electron chi connectivity index (χ3n) is 2.67. The summed E-state index contributed by atoms with van der Waals surface area (Å²) in [6.45, 7) is 5.14.